The number of nitrogens with zero attached hydrogens (tertiary/aromatic N) is 3. The van der Waals surface area contributed by atoms with Gasteiger partial charge in [0.2, 0.25) is 5.96 Å². The summed E-state index contributed by atoms with van der Waals surface area (Å²) in [6, 6.07) is 0. The van der Waals surface area contributed by atoms with Gasteiger partial charge >= 0.3 is 0 Å². The van der Waals surface area contributed by atoms with E-state index in [2.05, 4.69) is 71.9 Å². The first-order chi connectivity index (χ1) is 13.9. The van der Waals surface area contributed by atoms with Crippen molar-refractivity contribution in [2.24, 2.45) is 9.98 Å². The number of hydrogen-bond donors (Lipinski definition) is 0. The summed E-state index contributed by atoms with van der Waals surface area (Å²) in [5, 5.41) is 0. The average Bonchev–Trinajstić information content (AvgIpc) is 3.09. The molecule has 160 valence electrons. The molecule has 0 fully saturated rings. The van der Waals surface area contributed by atoms with Crippen molar-refractivity contribution in [1.82, 2.24) is 4.90 Å². The Morgan fingerprint density at radius 1 is 0.931 bits per heavy atom. The Balaban J connectivity index is 3.47. The van der Waals surface area contributed by atoms with Crippen LogP contribution in [-0.4, -0.2) is 30.7 Å². The second-order valence-corrected chi connectivity index (χ2v) is 7.73. The molecule has 3 nitrogen and oxygen atoms in total. The van der Waals surface area contributed by atoms with Crippen molar-refractivity contribution in [1.29, 1.82) is 0 Å². The van der Waals surface area contributed by atoms with Crippen molar-refractivity contribution in [2.45, 2.75) is 80.1 Å². The van der Waals surface area contributed by atoms with Crippen molar-refractivity contribution in [2.75, 3.05) is 14.1 Å². The maximum Gasteiger partial charge on any atom is 0.225 e. The smallest absolute Gasteiger partial charge is 0.225 e. The van der Waals surface area contributed by atoms with Crippen LogP contribution in [0, 0.1) is 0 Å². The Hall–Kier alpha value is -2.16. The van der Waals surface area contributed by atoms with Crippen LogP contribution >= 0.6 is 0 Å². The molecule has 0 radical (unpaired) electrons. The predicted octanol–water partition coefficient (Wildman–Crippen LogP) is 7.41. The highest BCUT2D eigenvalue weighted by molar-refractivity contribution is 6.11. The Kier molecular flexibility index (Phi) is 11.3. The molecular weight excluding hydrogens is 354 g/mol. The third-order valence-corrected chi connectivity index (χ3v) is 5.08. The third-order valence-electron chi connectivity index (χ3n) is 5.08. The van der Waals surface area contributed by atoms with Gasteiger partial charge in [0.25, 0.3) is 0 Å². The standard InChI is InChI=1S/C26H41N3/c1-9-13-17-22(15-10-2)19-24(23(12-4)18-14-16-20(5)11-3)25-21(6)27-26(28-25)29(7)8/h13,15-18H,9-12,14,19H2,1-8H3/b17-13-,20-16-,22-15+,23-18?,25-24-. The third kappa shape index (κ3) is 8.00. The fourth-order valence-corrected chi connectivity index (χ4v) is 3.21. The lowest BCUT2D eigenvalue weighted by atomic mass is 9.91. The Morgan fingerprint density at radius 2 is 1.66 bits per heavy atom. The van der Waals surface area contributed by atoms with Crippen molar-refractivity contribution < 1.29 is 0 Å². The lowest BCUT2D eigenvalue weighted by molar-refractivity contribution is 0.616. The first-order valence-electron chi connectivity index (χ1n) is 11.1. The maximum absolute atomic E-state index is 4.90. The van der Waals surface area contributed by atoms with Gasteiger partial charge in [0.05, 0.1) is 11.4 Å². The van der Waals surface area contributed by atoms with E-state index in [-0.39, 0.29) is 0 Å². The van der Waals surface area contributed by atoms with Crippen molar-refractivity contribution in [3.05, 3.63) is 58.4 Å². The minimum atomic E-state index is 0.789. The molecule has 0 spiro atoms. The summed E-state index contributed by atoms with van der Waals surface area (Å²) in [7, 11) is 4.00. The molecule has 29 heavy (non-hydrogen) atoms. The van der Waals surface area contributed by atoms with Crippen molar-refractivity contribution in [3.63, 3.8) is 0 Å². The predicted molar refractivity (Wildman–Crippen MR) is 131 cm³/mol. The van der Waals surface area contributed by atoms with E-state index in [0.29, 0.717) is 0 Å². The van der Waals surface area contributed by atoms with E-state index in [4.69, 9.17) is 9.98 Å². The lowest BCUT2D eigenvalue weighted by Crippen LogP contribution is -2.18. The average molecular weight is 396 g/mol. The van der Waals surface area contributed by atoms with Gasteiger partial charge in [0, 0.05) is 14.1 Å². The molecule has 1 heterocycles. The molecule has 1 rings (SSSR count). The molecule has 1 aliphatic rings. The Labute approximate surface area is 179 Å². The SMILES string of the molecule is CC/C=C\C(=C/CC)C/C(C(=CC/C=C(/C)CC)CC)=C1/N=C(N(C)C)N=C1C. The highest BCUT2D eigenvalue weighted by atomic mass is 15.3. The molecule has 0 saturated heterocycles. The van der Waals surface area contributed by atoms with Gasteiger partial charge < -0.3 is 4.90 Å². The van der Waals surface area contributed by atoms with Gasteiger partial charge in [-0.15, -0.1) is 0 Å². The van der Waals surface area contributed by atoms with E-state index < -0.39 is 0 Å². The van der Waals surface area contributed by atoms with Crippen molar-refractivity contribution >= 4 is 11.7 Å². The van der Waals surface area contributed by atoms with E-state index in [1.165, 1.54) is 22.3 Å². The zero-order valence-electron chi connectivity index (χ0n) is 20.0. The fraction of sp³-hybridized carbons (Fsp3) is 0.538. The van der Waals surface area contributed by atoms with Gasteiger partial charge in [-0.3, -0.25) is 0 Å². The van der Waals surface area contributed by atoms with Gasteiger partial charge in [0.1, 0.15) is 0 Å². The van der Waals surface area contributed by atoms with Crippen LogP contribution in [0.4, 0.5) is 0 Å². The van der Waals surface area contributed by atoms with Gasteiger partial charge in [-0.1, -0.05) is 63.6 Å². The molecule has 0 atom stereocenters. The first kappa shape index (κ1) is 24.9. The number of allylic oxidation sites excluding steroid dienone is 10. The molecule has 0 aromatic heterocycles. The molecule has 0 saturated carbocycles. The number of hydrogen-bond acceptors (Lipinski definition) is 3. The molecule has 0 aliphatic carbocycles. The summed E-state index contributed by atoms with van der Waals surface area (Å²) in [5.41, 5.74) is 7.55. The van der Waals surface area contributed by atoms with Crippen LogP contribution in [-0.2, 0) is 0 Å². The topological polar surface area (TPSA) is 28.0 Å². The largest absolute Gasteiger partial charge is 0.347 e. The molecule has 0 N–H and O–H groups in total. The monoisotopic (exact) mass is 395 g/mol. The van der Waals surface area contributed by atoms with Crippen LogP contribution in [0.5, 0.6) is 0 Å². The van der Waals surface area contributed by atoms with Crippen LogP contribution in [0.15, 0.2) is 68.4 Å². The number of guanidine groups is 1. The molecule has 0 aromatic rings. The summed E-state index contributed by atoms with van der Waals surface area (Å²) < 4.78 is 0. The van der Waals surface area contributed by atoms with E-state index in [1.54, 1.807) is 0 Å². The molecule has 0 unspecified atom stereocenters. The summed E-state index contributed by atoms with van der Waals surface area (Å²) in [5.74, 6) is 0.789. The second-order valence-electron chi connectivity index (χ2n) is 7.73. The summed E-state index contributed by atoms with van der Waals surface area (Å²) >= 11 is 0. The van der Waals surface area contributed by atoms with E-state index in [9.17, 15) is 0 Å². The molecule has 3 heteroatoms. The van der Waals surface area contributed by atoms with Crippen LogP contribution < -0.4 is 0 Å². The zero-order valence-corrected chi connectivity index (χ0v) is 20.0. The van der Waals surface area contributed by atoms with Gasteiger partial charge in [-0.2, -0.15) is 0 Å². The highest BCUT2D eigenvalue weighted by Gasteiger charge is 2.20. The first-order valence-corrected chi connectivity index (χ1v) is 11.1. The van der Waals surface area contributed by atoms with Crippen LogP contribution in [0.1, 0.15) is 80.1 Å². The number of aliphatic imine (C=N–C) groups is 2. The van der Waals surface area contributed by atoms with Crippen LogP contribution in [0.3, 0.4) is 0 Å². The number of rotatable bonds is 10. The fourth-order valence-electron chi connectivity index (χ4n) is 3.21. The van der Waals surface area contributed by atoms with E-state index in [1.807, 2.05) is 19.0 Å². The maximum atomic E-state index is 4.90. The highest BCUT2D eigenvalue weighted by Crippen LogP contribution is 2.30. The molecule has 0 aromatic carbocycles. The normalized spacial score (nSPS) is 17.7. The van der Waals surface area contributed by atoms with Gasteiger partial charge in [0.15, 0.2) is 0 Å². The Bertz CT molecular complexity index is 753. The Morgan fingerprint density at radius 3 is 2.17 bits per heavy atom. The van der Waals surface area contributed by atoms with E-state index in [0.717, 1.165) is 55.9 Å². The summed E-state index contributed by atoms with van der Waals surface area (Å²) in [6.07, 6.45) is 17.6. The molecule has 0 bridgehead atoms. The summed E-state index contributed by atoms with van der Waals surface area (Å²) in [6.45, 7) is 13.1. The van der Waals surface area contributed by atoms with Gasteiger partial charge in [-0.05, 0) is 69.1 Å². The van der Waals surface area contributed by atoms with Crippen molar-refractivity contribution in [3.8, 4) is 0 Å². The molecule has 1 aliphatic heterocycles. The lowest BCUT2D eigenvalue weighted by Gasteiger charge is -2.15. The molecular formula is C26H41N3. The minimum absolute atomic E-state index is 0.789. The minimum Gasteiger partial charge on any atom is -0.347 e. The van der Waals surface area contributed by atoms with Gasteiger partial charge in [-0.25, -0.2) is 9.98 Å². The van der Waals surface area contributed by atoms with Crippen LogP contribution in [0.2, 0.25) is 0 Å². The quantitative estimate of drug-likeness (QED) is 0.279. The molecule has 0 amide bonds. The zero-order chi connectivity index (χ0) is 21.8. The second kappa shape index (κ2) is 13.1. The summed E-state index contributed by atoms with van der Waals surface area (Å²) in [4.78, 5) is 11.6. The van der Waals surface area contributed by atoms with E-state index >= 15 is 0 Å². The van der Waals surface area contributed by atoms with Crippen LogP contribution in [0.25, 0.3) is 0 Å².